The lowest BCUT2D eigenvalue weighted by atomic mass is 9.99. The van der Waals surface area contributed by atoms with Gasteiger partial charge in [0, 0.05) is 0 Å². The molecule has 0 spiro atoms. The standard InChI is InChI=1S/C9H11NO4S/c11-9-8(10-15(12)13)7-4-2-1-3-6(7)5-14-9/h1-4,8-11H,5H2,(H,12,13). The molecule has 0 saturated carbocycles. The van der Waals surface area contributed by atoms with Crippen LogP contribution in [0.15, 0.2) is 24.3 Å². The molecule has 5 nitrogen and oxygen atoms in total. The van der Waals surface area contributed by atoms with Gasteiger partial charge in [0.1, 0.15) is 0 Å². The Morgan fingerprint density at radius 2 is 2.20 bits per heavy atom. The van der Waals surface area contributed by atoms with Crippen molar-refractivity contribution >= 4 is 11.3 Å². The van der Waals surface area contributed by atoms with Crippen LogP contribution in [0.3, 0.4) is 0 Å². The van der Waals surface area contributed by atoms with Crippen LogP contribution in [0.1, 0.15) is 17.2 Å². The molecule has 0 aliphatic carbocycles. The first-order chi connectivity index (χ1) is 7.18. The molecule has 1 aromatic rings. The highest BCUT2D eigenvalue weighted by atomic mass is 32.2. The summed E-state index contributed by atoms with van der Waals surface area (Å²) in [7, 11) is 0. The molecule has 15 heavy (non-hydrogen) atoms. The zero-order chi connectivity index (χ0) is 10.8. The summed E-state index contributed by atoms with van der Waals surface area (Å²) < 4.78 is 26.8. The van der Waals surface area contributed by atoms with Crippen LogP contribution in [0.25, 0.3) is 0 Å². The Morgan fingerprint density at radius 3 is 2.93 bits per heavy atom. The highest BCUT2D eigenvalue weighted by Crippen LogP contribution is 2.28. The first kappa shape index (κ1) is 10.7. The smallest absolute Gasteiger partial charge is 0.232 e. The molecule has 0 amide bonds. The van der Waals surface area contributed by atoms with E-state index in [1.807, 2.05) is 18.2 Å². The SMILES string of the molecule is O=S(O)NC1c2ccccc2COC1O. The number of benzene rings is 1. The lowest BCUT2D eigenvalue weighted by Crippen LogP contribution is -2.38. The molecule has 3 unspecified atom stereocenters. The molecule has 0 fully saturated rings. The van der Waals surface area contributed by atoms with Crippen LogP contribution < -0.4 is 4.72 Å². The molecule has 0 radical (unpaired) electrons. The average molecular weight is 229 g/mol. The van der Waals surface area contributed by atoms with Gasteiger partial charge in [-0.05, 0) is 11.1 Å². The molecule has 0 aromatic heterocycles. The summed E-state index contributed by atoms with van der Waals surface area (Å²) in [5, 5.41) is 9.53. The van der Waals surface area contributed by atoms with Gasteiger partial charge in [0.05, 0.1) is 12.6 Å². The minimum Gasteiger partial charge on any atom is -0.366 e. The van der Waals surface area contributed by atoms with Crippen LogP contribution in [0.4, 0.5) is 0 Å². The van der Waals surface area contributed by atoms with Crippen LogP contribution in [-0.4, -0.2) is 20.2 Å². The summed E-state index contributed by atoms with van der Waals surface area (Å²) in [6.07, 6.45) is -1.10. The van der Waals surface area contributed by atoms with Gasteiger partial charge in [0.25, 0.3) is 0 Å². The summed E-state index contributed by atoms with van der Waals surface area (Å²) in [5.74, 6) is 0. The summed E-state index contributed by atoms with van der Waals surface area (Å²) in [4.78, 5) is 0. The fourth-order valence-corrected chi connectivity index (χ4v) is 2.08. The van der Waals surface area contributed by atoms with E-state index in [0.717, 1.165) is 11.1 Å². The van der Waals surface area contributed by atoms with Crippen molar-refractivity contribution in [2.45, 2.75) is 18.9 Å². The maximum absolute atomic E-state index is 10.7. The lowest BCUT2D eigenvalue weighted by molar-refractivity contribution is -0.135. The normalized spacial score (nSPS) is 27.1. The summed E-state index contributed by atoms with van der Waals surface area (Å²) >= 11 is -2.18. The Bertz CT molecular complexity index is 384. The monoisotopic (exact) mass is 229 g/mol. The Balaban J connectivity index is 2.32. The third-order valence-electron chi connectivity index (χ3n) is 2.31. The topological polar surface area (TPSA) is 78.8 Å². The maximum atomic E-state index is 10.7. The minimum absolute atomic E-state index is 0.313. The Morgan fingerprint density at radius 1 is 1.47 bits per heavy atom. The summed E-state index contributed by atoms with van der Waals surface area (Å²) in [5.41, 5.74) is 1.70. The molecule has 82 valence electrons. The van der Waals surface area contributed by atoms with Crippen LogP contribution in [-0.2, 0) is 22.6 Å². The molecule has 1 aliphatic rings. The molecule has 0 bridgehead atoms. The second-order valence-corrected chi connectivity index (χ2v) is 3.98. The number of nitrogens with one attached hydrogen (secondary N) is 1. The fourth-order valence-electron chi connectivity index (χ4n) is 1.62. The molecular weight excluding hydrogens is 218 g/mol. The van der Waals surface area contributed by atoms with Crippen molar-refractivity contribution in [3.8, 4) is 0 Å². The zero-order valence-corrected chi connectivity index (χ0v) is 8.61. The van der Waals surface area contributed by atoms with E-state index in [1.54, 1.807) is 6.07 Å². The molecule has 3 atom stereocenters. The zero-order valence-electron chi connectivity index (χ0n) is 7.79. The third kappa shape index (κ3) is 2.24. The largest absolute Gasteiger partial charge is 0.366 e. The van der Waals surface area contributed by atoms with Crippen molar-refractivity contribution in [3.63, 3.8) is 0 Å². The second kappa shape index (κ2) is 4.38. The van der Waals surface area contributed by atoms with E-state index in [4.69, 9.17) is 9.29 Å². The van der Waals surface area contributed by atoms with Crippen LogP contribution in [0.5, 0.6) is 0 Å². The van der Waals surface area contributed by atoms with Crippen molar-refractivity contribution in [2.75, 3.05) is 0 Å². The lowest BCUT2D eigenvalue weighted by Gasteiger charge is -2.29. The minimum atomic E-state index is -2.18. The molecule has 3 N–H and O–H groups in total. The van der Waals surface area contributed by atoms with E-state index in [-0.39, 0.29) is 0 Å². The predicted octanol–water partition coefficient (Wildman–Crippen LogP) is 0.303. The highest BCUT2D eigenvalue weighted by Gasteiger charge is 2.29. The van der Waals surface area contributed by atoms with Crippen molar-refractivity contribution in [3.05, 3.63) is 35.4 Å². The quantitative estimate of drug-likeness (QED) is 0.637. The van der Waals surface area contributed by atoms with Crippen molar-refractivity contribution < 1.29 is 18.6 Å². The van der Waals surface area contributed by atoms with E-state index in [9.17, 15) is 9.32 Å². The van der Waals surface area contributed by atoms with Crippen LogP contribution in [0, 0.1) is 0 Å². The van der Waals surface area contributed by atoms with E-state index >= 15 is 0 Å². The Hall–Kier alpha value is -0.790. The Kier molecular flexibility index (Phi) is 3.13. The molecule has 1 aliphatic heterocycles. The van der Waals surface area contributed by atoms with E-state index in [0.29, 0.717) is 6.61 Å². The summed E-state index contributed by atoms with van der Waals surface area (Å²) in [6, 6.07) is 6.65. The fraction of sp³-hybridized carbons (Fsp3) is 0.333. The third-order valence-corrected chi connectivity index (χ3v) is 2.77. The van der Waals surface area contributed by atoms with E-state index in [1.165, 1.54) is 0 Å². The number of aliphatic hydroxyl groups is 1. The number of rotatable bonds is 2. The molecule has 1 heterocycles. The number of hydrogen-bond acceptors (Lipinski definition) is 3. The van der Waals surface area contributed by atoms with Gasteiger partial charge in [-0.15, -0.1) is 0 Å². The van der Waals surface area contributed by atoms with E-state index < -0.39 is 23.6 Å². The van der Waals surface area contributed by atoms with Gasteiger partial charge in [-0.1, -0.05) is 24.3 Å². The maximum Gasteiger partial charge on any atom is 0.232 e. The number of hydrogen-bond donors (Lipinski definition) is 3. The van der Waals surface area contributed by atoms with Gasteiger partial charge in [-0.3, -0.25) is 4.55 Å². The first-order valence-electron chi connectivity index (χ1n) is 4.43. The number of fused-ring (bicyclic) bond motifs is 1. The van der Waals surface area contributed by atoms with Gasteiger partial charge >= 0.3 is 0 Å². The predicted molar refractivity (Wildman–Crippen MR) is 53.9 cm³/mol. The van der Waals surface area contributed by atoms with Crippen molar-refractivity contribution in [1.82, 2.24) is 4.72 Å². The van der Waals surface area contributed by atoms with Gasteiger partial charge in [-0.25, -0.2) is 8.93 Å². The molecule has 1 aromatic carbocycles. The molecule has 6 heteroatoms. The van der Waals surface area contributed by atoms with Gasteiger partial charge in [0.2, 0.25) is 11.3 Å². The van der Waals surface area contributed by atoms with E-state index in [2.05, 4.69) is 4.72 Å². The first-order valence-corrected chi connectivity index (χ1v) is 5.53. The number of ether oxygens (including phenoxy) is 1. The van der Waals surface area contributed by atoms with Gasteiger partial charge in [-0.2, -0.15) is 0 Å². The van der Waals surface area contributed by atoms with Gasteiger partial charge in [0.15, 0.2) is 6.29 Å². The molecule has 2 rings (SSSR count). The second-order valence-electron chi connectivity index (χ2n) is 3.25. The molecule has 0 saturated heterocycles. The Labute approximate surface area is 89.5 Å². The highest BCUT2D eigenvalue weighted by molar-refractivity contribution is 7.77. The number of aliphatic hydroxyl groups excluding tert-OH is 1. The van der Waals surface area contributed by atoms with Gasteiger partial charge < -0.3 is 9.84 Å². The van der Waals surface area contributed by atoms with Crippen molar-refractivity contribution in [1.29, 1.82) is 0 Å². The molecular formula is C9H11NO4S. The average Bonchev–Trinajstić information content (AvgIpc) is 2.22. The van der Waals surface area contributed by atoms with Crippen LogP contribution in [0.2, 0.25) is 0 Å². The van der Waals surface area contributed by atoms with Crippen LogP contribution >= 0.6 is 0 Å². The summed E-state index contributed by atoms with van der Waals surface area (Å²) in [6.45, 7) is 0.313. The van der Waals surface area contributed by atoms with Crippen molar-refractivity contribution in [2.24, 2.45) is 0 Å².